The number of aromatic nitrogens is 2. The number of hydrogen-bond acceptors (Lipinski definition) is 6. The topological polar surface area (TPSA) is 95.3 Å². The van der Waals surface area contributed by atoms with Crippen LogP contribution in [0.25, 0.3) is 5.65 Å². The number of rotatable bonds is 0. The Balaban J connectivity index is 1.70. The molecule has 1 spiro atoms. The van der Waals surface area contributed by atoms with E-state index in [1.165, 1.54) is 18.5 Å². The van der Waals surface area contributed by atoms with Crippen molar-refractivity contribution < 1.29 is 14.4 Å². The molecule has 33 heavy (non-hydrogen) atoms. The van der Waals surface area contributed by atoms with E-state index in [9.17, 15) is 19.2 Å². The molecule has 9 heteroatoms. The van der Waals surface area contributed by atoms with Crippen LogP contribution in [-0.2, 0) is 22.4 Å². The summed E-state index contributed by atoms with van der Waals surface area (Å²) in [6.45, 7) is 0.494. The SMILES string of the molecule is CN1C(=O)N(C)C(=O)C2(Cc3c(nc4ccccn4c3=O)N3CCc4ccccc4[C@@H]32)C1=O. The number of anilines is 1. The predicted molar refractivity (Wildman–Crippen MR) is 119 cm³/mol. The summed E-state index contributed by atoms with van der Waals surface area (Å²) in [7, 11) is 2.77. The largest absolute Gasteiger partial charge is 0.347 e. The fourth-order valence-corrected chi connectivity index (χ4v) is 5.68. The lowest BCUT2D eigenvalue weighted by Gasteiger charge is -2.54. The average Bonchev–Trinajstić information content (AvgIpc) is 2.85. The first-order valence-corrected chi connectivity index (χ1v) is 10.8. The highest BCUT2D eigenvalue weighted by atomic mass is 16.2. The fourth-order valence-electron chi connectivity index (χ4n) is 5.68. The third-order valence-electron chi connectivity index (χ3n) is 7.23. The molecule has 0 bridgehead atoms. The van der Waals surface area contributed by atoms with Gasteiger partial charge in [-0.15, -0.1) is 0 Å². The van der Waals surface area contributed by atoms with Crippen LogP contribution >= 0.6 is 0 Å². The standard InChI is InChI=1S/C24H21N5O4/c1-26-21(31)24(22(32)27(2)23(26)33)13-16-19(25-17-9-5-6-11-28(17)20(16)30)29-12-10-14-7-3-4-8-15(14)18(24)29/h3-9,11,18H,10,12-13H2,1-2H3/t18-/m1/s1. The van der Waals surface area contributed by atoms with Gasteiger partial charge >= 0.3 is 6.03 Å². The monoisotopic (exact) mass is 443 g/mol. The highest BCUT2D eigenvalue weighted by Crippen LogP contribution is 2.53. The zero-order chi connectivity index (χ0) is 23.1. The van der Waals surface area contributed by atoms with Crippen LogP contribution in [0.5, 0.6) is 0 Å². The van der Waals surface area contributed by atoms with E-state index in [0.29, 0.717) is 30.0 Å². The molecule has 1 aromatic carbocycles. The van der Waals surface area contributed by atoms with Crippen molar-refractivity contribution in [2.24, 2.45) is 5.41 Å². The van der Waals surface area contributed by atoms with E-state index in [1.54, 1.807) is 18.3 Å². The summed E-state index contributed by atoms with van der Waals surface area (Å²) in [5, 5.41) is 0. The van der Waals surface area contributed by atoms with E-state index in [4.69, 9.17) is 4.98 Å². The van der Waals surface area contributed by atoms with Crippen molar-refractivity contribution in [3.8, 4) is 0 Å². The molecule has 1 atom stereocenters. The first kappa shape index (κ1) is 19.7. The van der Waals surface area contributed by atoms with Crippen LogP contribution in [0.3, 0.4) is 0 Å². The molecule has 1 saturated heterocycles. The van der Waals surface area contributed by atoms with Crippen molar-refractivity contribution in [2.75, 3.05) is 25.5 Å². The summed E-state index contributed by atoms with van der Waals surface area (Å²) in [4.78, 5) is 62.5. The number of urea groups is 1. The lowest BCUT2D eigenvalue weighted by molar-refractivity contribution is -0.159. The van der Waals surface area contributed by atoms with Gasteiger partial charge in [0.25, 0.3) is 5.56 Å². The number of carbonyl (C=O) groups excluding carboxylic acids is 3. The summed E-state index contributed by atoms with van der Waals surface area (Å²) in [5.74, 6) is -0.685. The van der Waals surface area contributed by atoms with Gasteiger partial charge in [-0.3, -0.25) is 28.6 Å². The summed E-state index contributed by atoms with van der Waals surface area (Å²) >= 11 is 0. The smallest absolute Gasteiger partial charge is 0.332 e. The lowest BCUT2D eigenvalue weighted by Crippen LogP contribution is -2.69. The van der Waals surface area contributed by atoms with Crippen LogP contribution in [0.1, 0.15) is 22.7 Å². The zero-order valence-electron chi connectivity index (χ0n) is 18.2. The maximum atomic E-state index is 13.8. The lowest BCUT2D eigenvalue weighted by atomic mass is 9.65. The fraction of sp³-hybridized carbons (Fsp3) is 0.292. The molecular weight excluding hydrogens is 422 g/mol. The molecule has 0 unspecified atom stereocenters. The summed E-state index contributed by atoms with van der Waals surface area (Å²) in [6, 6.07) is 11.7. The number of barbiturate groups is 1. The minimum atomic E-state index is -1.65. The predicted octanol–water partition coefficient (Wildman–Crippen LogP) is 1.39. The highest BCUT2D eigenvalue weighted by molar-refractivity contribution is 6.20. The second kappa shape index (κ2) is 6.50. The second-order valence-corrected chi connectivity index (χ2v) is 8.85. The number of imide groups is 2. The van der Waals surface area contributed by atoms with Crippen LogP contribution < -0.4 is 10.5 Å². The van der Waals surface area contributed by atoms with E-state index in [0.717, 1.165) is 20.9 Å². The Morgan fingerprint density at radius 1 is 0.939 bits per heavy atom. The van der Waals surface area contributed by atoms with E-state index in [1.807, 2.05) is 35.2 Å². The molecule has 0 aliphatic carbocycles. The average molecular weight is 443 g/mol. The van der Waals surface area contributed by atoms with Gasteiger partial charge in [0.2, 0.25) is 11.8 Å². The van der Waals surface area contributed by atoms with Gasteiger partial charge in [0.1, 0.15) is 11.5 Å². The number of pyridine rings is 1. The van der Waals surface area contributed by atoms with Crippen LogP contribution in [0.15, 0.2) is 53.5 Å². The van der Waals surface area contributed by atoms with E-state index in [-0.39, 0.29) is 12.0 Å². The van der Waals surface area contributed by atoms with Gasteiger partial charge < -0.3 is 4.90 Å². The molecule has 1 fully saturated rings. The van der Waals surface area contributed by atoms with Crippen molar-refractivity contribution in [1.29, 1.82) is 0 Å². The molecule has 3 aliphatic heterocycles. The normalized spacial score (nSPS) is 21.3. The van der Waals surface area contributed by atoms with Gasteiger partial charge in [-0.05, 0) is 29.7 Å². The summed E-state index contributed by atoms with van der Waals surface area (Å²) < 4.78 is 1.43. The number of fused-ring (bicyclic) bond motifs is 7. The van der Waals surface area contributed by atoms with Crippen LogP contribution in [0.4, 0.5) is 10.6 Å². The first-order chi connectivity index (χ1) is 15.9. The Hall–Kier alpha value is -4.01. The summed E-state index contributed by atoms with van der Waals surface area (Å²) in [5.41, 5.74) is 0.747. The van der Waals surface area contributed by atoms with Crippen molar-refractivity contribution >= 4 is 29.3 Å². The quantitative estimate of drug-likeness (QED) is 0.488. The molecular formula is C24H21N5O4. The molecule has 2 aromatic heterocycles. The van der Waals surface area contributed by atoms with Crippen molar-refractivity contribution in [2.45, 2.75) is 18.9 Å². The molecule has 0 N–H and O–H groups in total. The maximum absolute atomic E-state index is 13.8. The number of hydrogen-bond donors (Lipinski definition) is 0. The van der Waals surface area contributed by atoms with Crippen molar-refractivity contribution in [3.63, 3.8) is 0 Å². The van der Waals surface area contributed by atoms with E-state index >= 15 is 0 Å². The van der Waals surface area contributed by atoms with Gasteiger partial charge in [0.05, 0.1) is 11.6 Å². The molecule has 3 aromatic rings. The molecule has 0 radical (unpaired) electrons. The van der Waals surface area contributed by atoms with Crippen LogP contribution in [0.2, 0.25) is 0 Å². The first-order valence-electron chi connectivity index (χ1n) is 10.8. The van der Waals surface area contributed by atoms with Crippen LogP contribution in [-0.4, -0.2) is 57.7 Å². The third-order valence-corrected chi connectivity index (χ3v) is 7.23. The van der Waals surface area contributed by atoms with Crippen molar-refractivity contribution in [3.05, 3.63) is 75.7 Å². The number of benzene rings is 1. The Morgan fingerprint density at radius 3 is 2.39 bits per heavy atom. The van der Waals surface area contributed by atoms with Gasteiger partial charge in [0, 0.05) is 33.3 Å². The molecule has 0 saturated carbocycles. The Kier molecular flexibility index (Phi) is 3.87. The maximum Gasteiger partial charge on any atom is 0.332 e. The molecule has 5 heterocycles. The minimum Gasteiger partial charge on any atom is -0.347 e. The molecule has 9 nitrogen and oxygen atoms in total. The number of nitrogens with zero attached hydrogens (tertiary/aromatic N) is 5. The van der Waals surface area contributed by atoms with Gasteiger partial charge in [-0.1, -0.05) is 30.3 Å². The Bertz CT molecular complexity index is 1420. The van der Waals surface area contributed by atoms with Gasteiger partial charge in [-0.25, -0.2) is 9.78 Å². The van der Waals surface area contributed by atoms with E-state index in [2.05, 4.69) is 0 Å². The van der Waals surface area contributed by atoms with E-state index < -0.39 is 29.3 Å². The number of amides is 4. The molecule has 3 aliphatic rings. The van der Waals surface area contributed by atoms with Crippen LogP contribution in [0, 0.1) is 5.41 Å². The third kappa shape index (κ3) is 2.33. The molecule has 4 amide bonds. The number of carbonyl (C=O) groups is 3. The molecule has 6 rings (SSSR count). The van der Waals surface area contributed by atoms with Gasteiger partial charge in [-0.2, -0.15) is 0 Å². The Morgan fingerprint density at radius 2 is 1.64 bits per heavy atom. The van der Waals surface area contributed by atoms with Gasteiger partial charge in [0.15, 0.2) is 5.41 Å². The minimum absolute atomic E-state index is 0.124. The summed E-state index contributed by atoms with van der Waals surface area (Å²) in [6.07, 6.45) is 2.19. The zero-order valence-corrected chi connectivity index (χ0v) is 18.2. The molecule has 166 valence electrons. The van der Waals surface area contributed by atoms with Crippen molar-refractivity contribution in [1.82, 2.24) is 19.2 Å². The second-order valence-electron chi connectivity index (χ2n) is 8.85. The Labute approximate surface area is 188 Å². The highest BCUT2D eigenvalue weighted by Gasteiger charge is 2.65.